The third-order valence-corrected chi connectivity index (χ3v) is 2.92. The van der Waals surface area contributed by atoms with Gasteiger partial charge in [-0.05, 0) is 36.6 Å². The summed E-state index contributed by atoms with van der Waals surface area (Å²) in [5, 5.41) is 10.5. The molecule has 0 fully saturated rings. The molecule has 1 heterocycles. The van der Waals surface area contributed by atoms with Crippen molar-refractivity contribution in [3.63, 3.8) is 0 Å². The van der Waals surface area contributed by atoms with Crippen molar-refractivity contribution in [1.29, 1.82) is 0 Å². The van der Waals surface area contributed by atoms with Gasteiger partial charge in [-0.1, -0.05) is 12.1 Å². The number of nitro groups is 1. The number of aryl methyl sites for hydroxylation is 2. The van der Waals surface area contributed by atoms with E-state index in [0.717, 1.165) is 0 Å². The SMILES string of the molecule is Cc1cc(C(N)c2ccc([N+](=O)[O-])o2)cc(C)c1F. The van der Waals surface area contributed by atoms with Crippen molar-refractivity contribution in [2.75, 3.05) is 0 Å². The number of hydrogen-bond acceptors (Lipinski definition) is 4. The first-order chi connectivity index (χ1) is 8.90. The van der Waals surface area contributed by atoms with Gasteiger partial charge in [0.2, 0.25) is 0 Å². The highest BCUT2D eigenvalue weighted by atomic mass is 19.1. The first-order valence-electron chi connectivity index (χ1n) is 5.66. The van der Waals surface area contributed by atoms with Crippen molar-refractivity contribution < 1.29 is 13.7 Å². The highest BCUT2D eigenvalue weighted by molar-refractivity contribution is 5.36. The van der Waals surface area contributed by atoms with Crippen LogP contribution in [-0.2, 0) is 0 Å². The quantitative estimate of drug-likeness (QED) is 0.682. The molecule has 0 saturated carbocycles. The Balaban J connectivity index is 2.38. The van der Waals surface area contributed by atoms with Crippen LogP contribution in [0.1, 0.15) is 28.5 Å². The van der Waals surface area contributed by atoms with E-state index in [9.17, 15) is 14.5 Å². The van der Waals surface area contributed by atoms with E-state index in [-0.39, 0.29) is 17.5 Å². The lowest BCUT2D eigenvalue weighted by atomic mass is 10.00. The van der Waals surface area contributed by atoms with Gasteiger partial charge in [0.15, 0.2) is 0 Å². The van der Waals surface area contributed by atoms with E-state index in [4.69, 9.17) is 10.2 Å². The lowest BCUT2D eigenvalue weighted by Crippen LogP contribution is -2.12. The van der Waals surface area contributed by atoms with Gasteiger partial charge in [-0.15, -0.1) is 0 Å². The van der Waals surface area contributed by atoms with Crippen LogP contribution in [0, 0.1) is 29.8 Å². The minimum Gasteiger partial charge on any atom is -0.404 e. The lowest BCUT2D eigenvalue weighted by Gasteiger charge is -2.12. The summed E-state index contributed by atoms with van der Waals surface area (Å²) in [7, 11) is 0. The summed E-state index contributed by atoms with van der Waals surface area (Å²) in [5.41, 5.74) is 7.59. The Bertz CT molecular complexity index is 614. The number of nitrogens with two attached hydrogens (primary N) is 1. The molecule has 0 spiro atoms. The van der Waals surface area contributed by atoms with Gasteiger partial charge >= 0.3 is 5.88 Å². The number of nitrogens with zero attached hydrogens (tertiary/aromatic N) is 1. The largest absolute Gasteiger partial charge is 0.433 e. The average molecular weight is 264 g/mol. The maximum atomic E-state index is 13.5. The van der Waals surface area contributed by atoms with Gasteiger partial charge in [0.1, 0.15) is 16.5 Å². The van der Waals surface area contributed by atoms with Gasteiger partial charge in [0.05, 0.1) is 12.1 Å². The first-order valence-corrected chi connectivity index (χ1v) is 5.66. The van der Waals surface area contributed by atoms with Gasteiger partial charge < -0.3 is 10.2 Å². The molecule has 6 heteroatoms. The molecule has 0 bridgehead atoms. The molecular formula is C13H13FN2O3. The highest BCUT2D eigenvalue weighted by Crippen LogP contribution is 2.27. The number of benzene rings is 1. The second-order valence-electron chi connectivity index (χ2n) is 4.38. The van der Waals surface area contributed by atoms with E-state index in [1.54, 1.807) is 26.0 Å². The van der Waals surface area contributed by atoms with Crippen molar-refractivity contribution in [2.24, 2.45) is 5.73 Å². The minimum absolute atomic E-state index is 0.275. The van der Waals surface area contributed by atoms with Crippen LogP contribution in [0.4, 0.5) is 10.3 Å². The lowest BCUT2D eigenvalue weighted by molar-refractivity contribution is -0.402. The molecule has 1 unspecified atom stereocenters. The van der Waals surface area contributed by atoms with Crippen molar-refractivity contribution >= 4 is 5.88 Å². The molecule has 5 nitrogen and oxygen atoms in total. The summed E-state index contributed by atoms with van der Waals surface area (Å²) in [4.78, 5) is 9.92. The standard InChI is InChI=1S/C13H13FN2O3/c1-7-5-9(6-8(2)12(7)14)13(15)10-3-4-11(19-10)16(17)18/h3-6,13H,15H2,1-2H3. The number of rotatable bonds is 3. The molecule has 1 aromatic heterocycles. The third-order valence-electron chi connectivity index (χ3n) is 2.92. The second kappa shape index (κ2) is 4.81. The predicted octanol–water partition coefficient (Wildman–Crippen LogP) is 2.99. The fraction of sp³-hybridized carbons (Fsp3) is 0.231. The molecule has 0 aliphatic carbocycles. The molecule has 0 radical (unpaired) electrons. The normalized spacial score (nSPS) is 12.4. The molecule has 2 aromatic rings. The molecule has 2 rings (SSSR count). The smallest absolute Gasteiger partial charge is 0.404 e. The van der Waals surface area contributed by atoms with Crippen LogP contribution in [0.5, 0.6) is 0 Å². The Morgan fingerprint density at radius 2 is 1.89 bits per heavy atom. The summed E-state index contributed by atoms with van der Waals surface area (Å²) in [6.07, 6.45) is 0. The van der Waals surface area contributed by atoms with Crippen molar-refractivity contribution in [3.05, 3.63) is 62.6 Å². The maximum absolute atomic E-state index is 13.5. The van der Waals surface area contributed by atoms with Crippen LogP contribution in [0.2, 0.25) is 0 Å². The highest BCUT2D eigenvalue weighted by Gasteiger charge is 2.19. The minimum atomic E-state index is -0.660. The summed E-state index contributed by atoms with van der Waals surface area (Å²) < 4.78 is 18.6. The van der Waals surface area contributed by atoms with Crippen LogP contribution in [0.15, 0.2) is 28.7 Å². The van der Waals surface area contributed by atoms with Crippen LogP contribution < -0.4 is 5.73 Å². The van der Waals surface area contributed by atoms with Gasteiger partial charge in [-0.25, -0.2) is 4.39 Å². The molecule has 1 aromatic carbocycles. The molecule has 0 saturated heterocycles. The number of hydrogen-bond donors (Lipinski definition) is 1. The van der Waals surface area contributed by atoms with Gasteiger partial charge in [0, 0.05) is 0 Å². The molecule has 0 aliphatic rings. The molecule has 0 amide bonds. The fourth-order valence-electron chi connectivity index (χ4n) is 1.93. The third kappa shape index (κ3) is 2.48. The van der Waals surface area contributed by atoms with Crippen LogP contribution in [0.3, 0.4) is 0 Å². The monoisotopic (exact) mass is 264 g/mol. The fourth-order valence-corrected chi connectivity index (χ4v) is 1.93. The predicted molar refractivity (Wildman–Crippen MR) is 67.3 cm³/mol. The summed E-state index contributed by atoms with van der Waals surface area (Å²) in [6, 6.07) is 5.27. The van der Waals surface area contributed by atoms with Crippen molar-refractivity contribution in [2.45, 2.75) is 19.9 Å². The van der Waals surface area contributed by atoms with Gasteiger partial charge in [-0.3, -0.25) is 10.1 Å². The van der Waals surface area contributed by atoms with Crippen LogP contribution >= 0.6 is 0 Å². The zero-order valence-corrected chi connectivity index (χ0v) is 10.5. The van der Waals surface area contributed by atoms with Crippen molar-refractivity contribution in [1.82, 2.24) is 0 Å². The second-order valence-corrected chi connectivity index (χ2v) is 4.38. The average Bonchev–Trinajstić information content (AvgIpc) is 2.84. The van der Waals surface area contributed by atoms with E-state index in [2.05, 4.69) is 0 Å². The zero-order chi connectivity index (χ0) is 14.2. The summed E-state index contributed by atoms with van der Waals surface area (Å²) in [6.45, 7) is 3.28. The molecule has 2 N–H and O–H groups in total. The Morgan fingerprint density at radius 3 is 2.37 bits per heavy atom. The van der Waals surface area contributed by atoms with Crippen LogP contribution in [0.25, 0.3) is 0 Å². The van der Waals surface area contributed by atoms with Gasteiger partial charge in [-0.2, -0.15) is 0 Å². The van der Waals surface area contributed by atoms with Gasteiger partial charge in [0.25, 0.3) is 0 Å². The van der Waals surface area contributed by atoms with E-state index in [0.29, 0.717) is 16.7 Å². The Hall–Kier alpha value is -2.21. The van der Waals surface area contributed by atoms with Crippen molar-refractivity contribution in [3.8, 4) is 0 Å². The van der Waals surface area contributed by atoms with E-state index >= 15 is 0 Å². The molecule has 1 atom stereocenters. The Morgan fingerprint density at radius 1 is 1.32 bits per heavy atom. The molecule has 0 aliphatic heterocycles. The number of halogens is 1. The zero-order valence-electron chi connectivity index (χ0n) is 10.5. The van der Waals surface area contributed by atoms with Crippen LogP contribution in [-0.4, -0.2) is 4.92 Å². The molecular weight excluding hydrogens is 251 g/mol. The Labute approximate surface area is 109 Å². The summed E-state index contributed by atoms with van der Waals surface area (Å²) >= 11 is 0. The number of furan rings is 1. The van der Waals surface area contributed by atoms with E-state index < -0.39 is 11.0 Å². The first kappa shape index (κ1) is 13.2. The van der Waals surface area contributed by atoms with E-state index in [1.165, 1.54) is 12.1 Å². The molecule has 19 heavy (non-hydrogen) atoms. The summed E-state index contributed by atoms with van der Waals surface area (Å²) in [5.74, 6) is -0.362. The topological polar surface area (TPSA) is 82.3 Å². The van der Waals surface area contributed by atoms with E-state index in [1.807, 2.05) is 0 Å². The molecule has 100 valence electrons. The maximum Gasteiger partial charge on any atom is 0.433 e. The Kier molecular flexibility index (Phi) is 3.35.